The molecular formula is C39H38F6N2O6S. The minimum atomic E-state index is -5.68. The number of hydrogen-bond acceptors (Lipinski definition) is 5. The molecule has 0 bridgehead atoms. The van der Waals surface area contributed by atoms with Gasteiger partial charge >= 0.3 is 5.97 Å². The zero-order chi connectivity index (χ0) is 39.9. The van der Waals surface area contributed by atoms with Crippen LogP contribution in [0.4, 0.5) is 32.0 Å². The molecule has 0 radical (unpaired) electrons. The summed E-state index contributed by atoms with van der Waals surface area (Å²) in [6.45, 7) is 6.15. The monoisotopic (exact) mass is 776 g/mol. The highest BCUT2D eigenvalue weighted by molar-refractivity contribution is 7.89. The van der Waals surface area contributed by atoms with Crippen LogP contribution in [0.15, 0.2) is 65.6 Å². The lowest BCUT2D eigenvalue weighted by Crippen LogP contribution is -2.43. The van der Waals surface area contributed by atoms with Crippen LogP contribution in [0.2, 0.25) is 0 Å². The molecule has 8 nitrogen and oxygen atoms in total. The van der Waals surface area contributed by atoms with Crippen LogP contribution in [0.1, 0.15) is 85.5 Å². The van der Waals surface area contributed by atoms with Gasteiger partial charge in [-0.3, -0.25) is 4.79 Å². The van der Waals surface area contributed by atoms with E-state index in [1.807, 2.05) is 32.9 Å². The summed E-state index contributed by atoms with van der Waals surface area (Å²) in [6, 6.07) is 12.9. The number of carbonyl (C=O) groups excluding carboxylic acids is 1. The van der Waals surface area contributed by atoms with E-state index in [0.717, 1.165) is 43.0 Å². The average Bonchev–Trinajstić information content (AvgIpc) is 3.97. The van der Waals surface area contributed by atoms with Gasteiger partial charge in [-0.2, -0.15) is 4.31 Å². The highest BCUT2D eigenvalue weighted by Crippen LogP contribution is 2.42. The molecule has 0 saturated heterocycles. The molecule has 1 fully saturated rings. The molecule has 1 aliphatic carbocycles. The Balaban J connectivity index is 1.62. The number of aromatic carboxylic acids is 1. The molecule has 4 aromatic carbocycles. The van der Waals surface area contributed by atoms with Crippen molar-refractivity contribution >= 4 is 27.6 Å². The first-order chi connectivity index (χ1) is 25.3. The fraction of sp³-hybridized carbons (Fsp3) is 0.333. The molecular weight excluding hydrogens is 738 g/mol. The summed E-state index contributed by atoms with van der Waals surface area (Å²) in [5, 5.41) is 9.61. The van der Waals surface area contributed by atoms with E-state index in [9.17, 15) is 40.7 Å². The average molecular weight is 777 g/mol. The van der Waals surface area contributed by atoms with E-state index >= 15 is 8.78 Å². The van der Waals surface area contributed by atoms with Crippen molar-refractivity contribution in [3.8, 4) is 5.75 Å². The SMILES string of the molecule is COc1cc(C(=O)O)ccc1N(Cc1cc(C2CC2)cc(C(C)(C)C)c1)C(=O)C[C@@H](C)N(Cc1ccccc1F)S(=O)(=O)c1c(F)c(F)c(F)c(F)c1F. The fourth-order valence-electron chi connectivity index (χ4n) is 6.08. The predicted molar refractivity (Wildman–Crippen MR) is 188 cm³/mol. The first-order valence-corrected chi connectivity index (χ1v) is 18.3. The maximum atomic E-state index is 15.0. The Kier molecular flexibility index (Phi) is 11.5. The number of carboxylic acid groups (broad SMARTS) is 1. The zero-order valence-corrected chi connectivity index (χ0v) is 30.8. The highest BCUT2D eigenvalue weighted by Gasteiger charge is 2.40. The molecule has 4 aromatic rings. The molecule has 5 rings (SSSR count). The van der Waals surface area contributed by atoms with E-state index in [1.54, 1.807) is 0 Å². The summed E-state index contributed by atoms with van der Waals surface area (Å²) in [7, 11) is -4.42. The van der Waals surface area contributed by atoms with Gasteiger partial charge in [0, 0.05) is 24.6 Å². The number of rotatable bonds is 13. The standard InChI is InChI=1S/C39H38F6N2O6S/c1-21(47(20-25-8-6-7-9-28(25)40)54(51,52)37-35(44)33(42)32(41)34(43)36(37)45)14-31(48)46(29-13-12-24(38(49)50)18-30(29)53-5)19-22-15-26(23-10-11-23)17-27(16-22)39(2,3)4/h6-9,12-13,15-18,21,23H,10-11,14,19-20H2,1-5H3,(H,49,50)/t21-/m1/s1. The number of anilines is 1. The van der Waals surface area contributed by atoms with Crippen LogP contribution in [-0.4, -0.2) is 42.9 Å². The Hall–Kier alpha value is -4.89. The van der Waals surface area contributed by atoms with Crippen LogP contribution in [0.5, 0.6) is 5.75 Å². The van der Waals surface area contributed by atoms with Gasteiger partial charge in [0.2, 0.25) is 21.7 Å². The second-order valence-corrected chi connectivity index (χ2v) is 16.1. The molecule has 0 aliphatic heterocycles. The van der Waals surface area contributed by atoms with Crippen LogP contribution in [-0.2, 0) is 33.3 Å². The lowest BCUT2D eigenvalue weighted by Gasteiger charge is -2.32. The van der Waals surface area contributed by atoms with Crippen molar-refractivity contribution in [3.63, 3.8) is 0 Å². The summed E-state index contributed by atoms with van der Waals surface area (Å²) in [5.74, 6) is -15.6. The maximum Gasteiger partial charge on any atom is 0.335 e. The lowest BCUT2D eigenvalue weighted by molar-refractivity contribution is -0.119. The summed E-state index contributed by atoms with van der Waals surface area (Å²) < 4.78 is 121. The minimum absolute atomic E-state index is 0.0254. The van der Waals surface area contributed by atoms with Crippen LogP contribution < -0.4 is 9.64 Å². The third kappa shape index (κ3) is 8.26. The molecule has 1 aliphatic rings. The number of methoxy groups -OCH3 is 1. The van der Waals surface area contributed by atoms with E-state index in [1.165, 1.54) is 42.3 Å². The van der Waals surface area contributed by atoms with E-state index in [-0.39, 0.29) is 34.5 Å². The van der Waals surface area contributed by atoms with Crippen molar-refractivity contribution in [2.45, 2.75) is 82.3 Å². The van der Waals surface area contributed by atoms with Gasteiger partial charge in [0.15, 0.2) is 28.2 Å². The van der Waals surface area contributed by atoms with Crippen molar-refractivity contribution in [1.29, 1.82) is 0 Å². The number of nitrogens with zero attached hydrogens (tertiary/aromatic N) is 2. The summed E-state index contributed by atoms with van der Waals surface area (Å²) >= 11 is 0. The molecule has 0 heterocycles. The molecule has 0 unspecified atom stereocenters. The summed E-state index contributed by atoms with van der Waals surface area (Å²) in [6.07, 6.45) is 1.20. The van der Waals surface area contributed by atoms with Crippen LogP contribution in [0.25, 0.3) is 0 Å². The summed E-state index contributed by atoms with van der Waals surface area (Å²) in [4.78, 5) is 25.3. The Labute approximate surface area is 309 Å². The molecule has 54 heavy (non-hydrogen) atoms. The number of sulfonamides is 1. The minimum Gasteiger partial charge on any atom is -0.495 e. The van der Waals surface area contributed by atoms with Gasteiger partial charge < -0.3 is 14.7 Å². The normalized spacial score (nSPS) is 13.9. The first-order valence-electron chi connectivity index (χ1n) is 16.9. The molecule has 1 amide bonds. The van der Waals surface area contributed by atoms with Gasteiger partial charge in [0.05, 0.1) is 24.9 Å². The third-order valence-corrected chi connectivity index (χ3v) is 11.3. The maximum absolute atomic E-state index is 15.0. The zero-order valence-electron chi connectivity index (χ0n) is 30.0. The highest BCUT2D eigenvalue weighted by atomic mass is 32.2. The number of ether oxygens (including phenoxy) is 1. The number of amides is 1. The Morgan fingerprint density at radius 3 is 2.04 bits per heavy atom. The van der Waals surface area contributed by atoms with E-state index < -0.39 is 80.7 Å². The van der Waals surface area contributed by atoms with Crippen molar-refractivity contribution in [3.05, 3.63) is 123 Å². The number of halogens is 6. The van der Waals surface area contributed by atoms with Crippen LogP contribution in [0, 0.1) is 34.9 Å². The molecule has 1 saturated carbocycles. The lowest BCUT2D eigenvalue weighted by atomic mass is 9.84. The van der Waals surface area contributed by atoms with Crippen molar-refractivity contribution < 1.29 is 54.2 Å². The molecule has 0 aromatic heterocycles. The Morgan fingerprint density at radius 1 is 0.870 bits per heavy atom. The van der Waals surface area contributed by atoms with Gasteiger partial charge in [0.1, 0.15) is 11.6 Å². The molecule has 1 atom stereocenters. The smallest absolute Gasteiger partial charge is 0.335 e. The topological polar surface area (TPSA) is 104 Å². The van der Waals surface area contributed by atoms with Crippen molar-refractivity contribution in [2.24, 2.45) is 0 Å². The number of hydrogen-bond donors (Lipinski definition) is 1. The van der Waals surface area contributed by atoms with Crippen molar-refractivity contribution in [2.75, 3.05) is 12.0 Å². The van der Waals surface area contributed by atoms with Gasteiger partial charge in [-0.15, -0.1) is 0 Å². The molecule has 288 valence electrons. The first kappa shape index (κ1) is 40.3. The van der Waals surface area contributed by atoms with Crippen LogP contribution in [0.3, 0.4) is 0 Å². The Morgan fingerprint density at radius 2 is 1.48 bits per heavy atom. The molecule has 15 heteroatoms. The van der Waals surface area contributed by atoms with Crippen molar-refractivity contribution in [1.82, 2.24) is 4.31 Å². The molecule has 0 spiro atoms. The Bertz CT molecular complexity index is 2190. The number of carbonyl (C=O) groups is 2. The quantitative estimate of drug-likeness (QED) is 0.0829. The second-order valence-electron chi connectivity index (χ2n) is 14.3. The summed E-state index contributed by atoms with van der Waals surface area (Å²) in [5.41, 5.74) is 2.02. The second kappa shape index (κ2) is 15.5. The van der Waals surface area contributed by atoms with E-state index in [2.05, 4.69) is 6.07 Å². The van der Waals surface area contributed by atoms with E-state index in [0.29, 0.717) is 15.8 Å². The van der Waals surface area contributed by atoms with Gasteiger partial charge in [-0.05, 0) is 72.1 Å². The molecule has 1 N–H and O–H groups in total. The largest absolute Gasteiger partial charge is 0.495 e. The van der Waals surface area contributed by atoms with E-state index in [4.69, 9.17) is 4.74 Å². The fourth-order valence-corrected chi connectivity index (χ4v) is 7.81. The third-order valence-electron chi connectivity index (χ3n) is 9.27. The predicted octanol–water partition coefficient (Wildman–Crippen LogP) is 8.61. The van der Waals surface area contributed by atoms with Gasteiger partial charge in [0.25, 0.3) is 0 Å². The number of carboxylic acids is 1. The van der Waals surface area contributed by atoms with Gasteiger partial charge in [-0.25, -0.2) is 39.6 Å². The van der Waals surface area contributed by atoms with Crippen LogP contribution >= 0.6 is 0 Å². The van der Waals surface area contributed by atoms with Gasteiger partial charge in [-0.1, -0.05) is 57.2 Å². The number of benzene rings is 4.